The Bertz CT molecular complexity index is 1360. The summed E-state index contributed by atoms with van der Waals surface area (Å²) in [5.74, 6) is -2.03. The van der Waals surface area contributed by atoms with Gasteiger partial charge < -0.3 is 51.2 Å². The quantitative estimate of drug-likeness (QED) is 0.0671. The molecular formula is C38H56N8O8. The van der Waals surface area contributed by atoms with Gasteiger partial charge in [0.2, 0.25) is 23.6 Å². The predicted molar refractivity (Wildman–Crippen MR) is 204 cm³/mol. The zero-order valence-corrected chi connectivity index (χ0v) is 31.7. The first kappa shape index (κ1) is 44.7. The molecule has 0 bridgehead atoms. The average molecular weight is 753 g/mol. The van der Waals surface area contributed by atoms with E-state index in [0.717, 1.165) is 37.1 Å². The van der Waals surface area contributed by atoms with Crippen LogP contribution >= 0.6 is 0 Å². The lowest BCUT2D eigenvalue weighted by molar-refractivity contribution is -0.127. The van der Waals surface area contributed by atoms with Crippen molar-refractivity contribution in [2.75, 3.05) is 67.5 Å². The van der Waals surface area contributed by atoms with Crippen molar-refractivity contribution in [1.29, 1.82) is 0 Å². The Hall–Kier alpha value is -5.48. The van der Waals surface area contributed by atoms with Crippen LogP contribution in [0.3, 0.4) is 0 Å². The van der Waals surface area contributed by atoms with Crippen molar-refractivity contribution < 1.29 is 38.2 Å². The van der Waals surface area contributed by atoms with Crippen LogP contribution in [0.25, 0.3) is 0 Å². The highest BCUT2D eigenvalue weighted by Gasteiger charge is 2.23. The van der Waals surface area contributed by atoms with Crippen molar-refractivity contribution in [2.24, 2.45) is 0 Å². The number of rotatable bonds is 24. The average Bonchev–Trinajstić information content (AvgIpc) is 3.15. The second-order valence-corrected chi connectivity index (χ2v) is 12.9. The maximum atomic E-state index is 13.1. The van der Waals surface area contributed by atoms with E-state index in [-0.39, 0.29) is 51.0 Å². The molecule has 16 nitrogen and oxygen atoms in total. The third-order valence-electron chi connectivity index (χ3n) is 7.61. The van der Waals surface area contributed by atoms with Gasteiger partial charge in [-0.25, -0.2) is 9.59 Å². The zero-order valence-electron chi connectivity index (χ0n) is 31.7. The summed E-state index contributed by atoms with van der Waals surface area (Å²) in [7, 11) is 7.71. The van der Waals surface area contributed by atoms with E-state index in [0.29, 0.717) is 13.1 Å². The number of hydrogen-bond acceptors (Lipinski definition) is 10. The molecule has 6 N–H and O–H groups in total. The lowest BCUT2D eigenvalue weighted by Gasteiger charge is -2.18. The first-order valence-corrected chi connectivity index (χ1v) is 17.9. The Balaban J connectivity index is 2.05. The number of nitrogens with zero attached hydrogens (tertiary/aromatic N) is 2. The number of nitrogens with one attached hydrogen (secondary N) is 6. The van der Waals surface area contributed by atoms with E-state index in [2.05, 4.69) is 31.9 Å². The summed E-state index contributed by atoms with van der Waals surface area (Å²) in [4.78, 5) is 80.3. The largest absolute Gasteiger partial charge is 0.445 e. The Morgan fingerprint density at radius 3 is 1.30 bits per heavy atom. The first-order valence-electron chi connectivity index (χ1n) is 17.9. The molecule has 54 heavy (non-hydrogen) atoms. The van der Waals surface area contributed by atoms with Crippen molar-refractivity contribution in [3.63, 3.8) is 0 Å². The summed E-state index contributed by atoms with van der Waals surface area (Å²) in [6, 6.07) is 15.7. The summed E-state index contributed by atoms with van der Waals surface area (Å²) >= 11 is 0. The highest BCUT2D eigenvalue weighted by Crippen LogP contribution is 2.05. The maximum absolute atomic E-state index is 13.1. The van der Waals surface area contributed by atoms with Crippen molar-refractivity contribution in [1.82, 2.24) is 41.7 Å². The van der Waals surface area contributed by atoms with Gasteiger partial charge in [-0.1, -0.05) is 72.8 Å². The highest BCUT2D eigenvalue weighted by atomic mass is 16.6. The molecule has 6 amide bonds. The molecule has 0 aliphatic heterocycles. The number of benzene rings is 2. The number of amides is 6. The van der Waals surface area contributed by atoms with Crippen LogP contribution in [0.4, 0.5) is 9.59 Å². The third-order valence-corrected chi connectivity index (χ3v) is 7.61. The molecule has 2 aromatic rings. The second-order valence-electron chi connectivity index (χ2n) is 12.9. The van der Waals surface area contributed by atoms with Crippen molar-refractivity contribution in [3.8, 4) is 0 Å². The van der Waals surface area contributed by atoms with Gasteiger partial charge in [-0.3, -0.25) is 19.2 Å². The molecule has 0 saturated carbocycles. The fraction of sp³-hybridized carbons (Fsp3) is 0.474. The molecule has 2 aromatic carbocycles. The summed E-state index contributed by atoms with van der Waals surface area (Å²) < 4.78 is 10.6. The van der Waals surface area contributed by atoms with Crippen LogP contribution in [0, 0.1) is 0 Å². The lowest BCUT2D eigenvalue weighted by atomic mass is 10.1. The van der Waals surface area contributed by atoms with E-state index >= 15 is 0 Å². The van der Waals surface area contributed by atoms with E-state index < -0.39 is 36.1 Å². The van der Waals surface area contributed by atoms with Crippen LogP contribution in [0.5, 0.6) is 0 Å². The molecule has 0 fully saturated rings. The first-order chi connectivity index (χ1) is 25.9. The van der Waals surface area contributed by atoms with Crippen LogP contribution in [0.2, 0.25) is 0 Å². The van der Waals surface area contributed by atoms with Crippen molar-refractivity contribution >= 4 is 35.8 Å². The molecule has 0 unspecified atom stereocenters. The second kappa shape index (κ2) is 26.3. The van der Waals surface area contributed by atoms with Gasteiger partial charge in [-0.15, -0.1) is 0 Å². The molecule has 16 heteroatoms. The van der Waals surface area contributed by atoms with E-state index in [1.165, 1.54) is 0 Å². The Labute approximate surface area is 317 Å². The van der Waals surface area contributed by atoms with Gasteiger partial charge in [0.05, 0.1) is 13.1 Å². The molecule has 2 atom stereocenters. The normalized spacial score (nSPS) is 12.0. The number of carbonyl (C=O) groups excluding carboxylic acids is 6. The van der Waals surface area contributed by atoms with Gasteiger partial charge in [0.15, 0.2) is 0 Å². The number of ether oxygens (including phenoxy) is 2. The van der Waals surface area contributed by atoms with Gasteiger partial charge in [0.1, 0.15) is 25.3 Å². The minimum absolute atomic E-state index is 0.0247. The Kier molecular flexibility index (Phi) is 21.8. The van der Waals surface area contributed by atoms with Crippen LogP contribution in [0.15, 0.2) is 72.8 Å². The van der Waals surface area contributed by atoms with Crippen LogP contribution in [0.1, 0.15) is 36.8 Å². The summed E-state index contributed by atoms with van der Waals surface area (Å²) in [6.07, 6.45) is 2.80. The topological polar surface area (TPSA) is 200 Å². The molecule has 0 heterocycles. The smallest absolute Gasteiger partial charge is 0.408 e. The number of alkyl carbamates (subject to hydrolysis) is 2. The SMILES string of the molecule is CN(C)CCCNC(=O)CNC(=O)[C@H](C/C=C/C[C@H](NC(=O)OCc1ccccc1)C(=O)NCC(=O)NCCCN(C)C)NC(=O)OCc1ccccc1. The van der Waals surface area contributed by atoms with Crippen LogP contribution in [-0.4, -0.2) is 125 Å². The van der Waals surface area contributed by atoms with Crippen molar-refractivity contribution in [3.05, 3.63) is 83.9 Å². The molecule has 0 aliphatic carbocycles. The van der Waals surface area contributed by atoms with E-state index in [9.17, 15) is 28.8 Å². The van der Waals surface area contributed by atoms with E-state index in [1.54, 1.807) is 60.7 Å². The van der Waals surface area contributed by atoms with Gasteiger partial charge in [0, 0.05) is 13.1 Å². The third kappa shape index (κ3) is 21.1. The lowest BCUT2D eigenvalue weighted by Crippen LogP contribution is -2.49. The molecule has 0 spiro atoms. The van der Waals surface area contributed by atoms with E-state index in [4.69, 9.17) is 9.47 Å². The predicted octanol–water partition coefficient (Wildman–Crippen LogP) is 1.28. The monoisotopic (exact) mass is 752 g/mol. The Morgan fingerprint density at radius 2 is 0.944 bits per heavy atom. The minimum atomic E-state index is -1.14. The minimum Gasteiger partial charge on any atom is -0.445 e. The van der Waals surface area contributed by atoms with Gasteiger partial charge in [0.25, 0.3) is 0 Å². The van der Waals surface area contributed by atoms with Gasteiger partial charge in [-0.2, -0.15) is 0 Å². The fourth-order valence-electron chi connectivity index (χ4n) is 4.69. The standard InChI is InChI=1S/C38H56N8O8/c1-45(2)23-13-21-39-33(47)25-41-35(49)31(43-37(51)53-27-29-15-7-5-8-16-29)19-11-12-20-32(44-38(52)54-28-30-17-9-6-10-18-30)36(50)42-26-34(48)40-22-14-24-46(3)4/h5-12,15-18,31-32H,13-14,19-28H2,1-4H3,(H,39,47)(H,40,48)(H,41,49)(H,42,50)(H,43,51)(H,44,52)/b12-11+/t31-,32-/m0/s1. The molecule has 0 aromatic heterocycles. The summed E-state index contributed by atoms with van der Waals surface area (Å²) in [5.41, 5.74) is 1.50. The van der Waals surface area contributed by atoms with Gasteiger partial charge >= 0.3 is 12.2 Å². The molecule has 2 rings (SSSR count). The highest BCUT2D eigenvalue weighted by molar-refractivity contribution is 5.90. The number of carbonyl (C=O) groups is 6. The molecule has 0 aliphatic rings. The molecule has 0 saturated heterocycles. The fourth-order valence-corrected chi connectivity index (χ4v) is 4.69. The maximum Gasteiger partial charge on any atom is 0.408 e. The molecular weight excluding hydrogens is 696 g/mol. The van der Waals surface area contributed by atoms with Crippen LogP contribution < -0.4 is 31.9 Å². The zero-order chi connectivity index (χ0) is 39.6. The Morgan fingerprint density at radius 1 is 0.574 bits per heavy atom. The van der Waals surface area contributed by atoms with Crippen LogP contribution in [-0.2, 0) is 41.9 Å². The van der Waals surface area contributed by atoms with E-state index in [1.807, 2.05) is 50.1 Å². The summed E-state index contributed by atoms with van der Waals surface area (Å²) in [5, 5.41) is 15.6. The molecule has 0 radical (unpaired) electrons. The molecule has 296 valence electrons. The number of hydrogen-bond donors (Lipinski definition) is 6. The van der Waals surface area contributed by atoms with Crippen molar-refractivity contribution in [2.45, 2.75) is 51.0 Å². The summed E-state index contributed by atoms with van der Waals surface area (Å²) in [6.45, 7) is 1.79. The van der Waals surface area contributed by atoms with Gasteiger partial charge in [-0.05, 0) is 78.1 Å².